The monoisotopic (exact) mass is 317 g/mol. The highest BCUT2D eigenvalue weighted by Gasteiger charge is 2.36. The maximum Gasteiger partial charge on any atom is 0.296 e. The molecule has 4 rings (SSSR count). The van der Waals surface area contributed by atoms with Gasteiger partial charge in [0, 0.05) is 30.1 Å². The molecular formula is C21H21N2O+. The summed E-state index contributed by atoms with van der Waals surface area (Å²) < 4.78 is 2.01. The lowest BCUT2D eigenvalue weighted by Crippen LogP contribution is -2.49. The van der Waals surface area contributed by atoms with Gasteiger partial charge in [0.15, 0.2) is 12.4 Å². The molecule has 0 N–H and O–H groups in total. The summed E-state index contributed by atoms with van der Waals surface area (Å²) >= 11 is 0. The standard InChI is InChI=1S/C21H21N2O/c1-15-13-18-8-5-6-10-20(18)23(15)21(24)16(2)22-12-11-17-7-3-4-9-19(17)14-22/h3-12,14-16H,13H2,1-2H3/q+1/t15-,16+/m1/s1. The van der Waals surface area contributed by atoms with E-state index in [4.69, 9.17) is 0 Å². The van der Waals surface area contributed by atoms with E-state index in [-0.39, 0.29) is 18.0 Å². The Morgan fingerprint density at radius 2 is 1.79 bits per heavy atom. The third-order valence-corrected chi connectivity index (χ3v) is 4.96. The number of fused-ring (bicyclic) bond motifs is 2. The smallest absolute Gasteiger partial charge is 0.296 e. The van der Waals surface area contributed by atoms with Gasteiger partial charge in [-0.05, 0) is 36.4 Å². The minimum absolute atomic E-state index is 0.146. The third-order valence-electron chi connectivity index (χ3n) is 4.96. The summed E-state index contributed by atoms with van der Waals surface area (Å²) in [5.41, 5.74) is 2.32. The molecule has 1 amide bonds. The molecule has 0 spiro atoms. The lowest BCUT2D eigenvalue weighted by molar-refractivity contribution is -0.704. The first-order valence-corrected chi connectivity index (χ1v) is 8.45. The molecule has 1 aromatic heterocycles. The van der Waals surface area contributed by atoms with Crippen molar-refractivity contribution in [1.82, 2.24) is 0 Å². The van der Waals surface area contributed by atoms with Crippen LogP contribution in [0.1, 0.15) is 25.5 Å². The minimum Gasteiger partial charge on any atom is -0.303 e. The second kappa shape index (κ2) is 5.75. The molecule has 3 heteroatoms. The number of anilines is 1. The van der Waals surface area contributed by atoms with Gasteiger partial charge in [-0.1, -0.05) is 36.4 Å². The van der Waals surface area contributed by atoms with Crippen LogP contribution in [-0.4, -0.2) is 11.9 Å². The molecule has 2 heterocycles. The lowest BCUT2D eigenvalue weighted by Gasteiger charge is -2.24. The summed E-state index contributed by atoms with van der Waals surface area (Å²) in [5.74, 6) is 0.146. The van der Waals surface area contributed by atoms with Crippen LogP contribution in [0.25, 0.3) is 10.8 Å². The quantitative estimate of drug-likeness (QED) is 0.662. The number of nitrogens with zero attached hydrogens (tertiary/aromatic N) is 2. The van der Waals surface area contributed by atoms with Crippen LogP contribution in [0.2, 0.25) is 0 Å². The number of aromatic nitrogens is 1. The fourth-order valence-corrected chi connectivity index (χ4v) is 3.62. The van der Waals surface area contributed by atoms with E-state index in [0.717, 1.165) is 17.5 Å². The van der Waals surface area contributed by atoms with Gasteiger partial charge in [0.2, 0.25) is 6.04 Å². The molecule has 120 valence electrons. The van der Waals surface area contributed by atoms with Crippen molar-refractivity contribution < 1.29 is 9.36 Å². The Labute approximate surface area is 142 Å². The summed E-state index contributed by atoms with van der Waals surface area (Å²) in [6.07, 6.45) is 4.99. The molecule has 0 bridgehead atoms. The number of pyridine rings is 1. The van der Waals surface area contributed by atoms with Gasteiger partial charge in [0.25, 0.3) is 5.91 Å². The maximum absolute atomic E-state index is 13.2. The fourth-order valence-electron chi connectivity index (χ4n) is 3.62. The molecule has 1 aliphatic rings. The van der Waals surface area contributed by atoms with Gasteiger partial charge in [-0.2, -0.15) is 4.57 Å². The zero-order valence-electron chi connectivity index (χ0n) is 14.0. The second-order valence-corrected chi connectivity index (χ2v) is 6.59. The third kappa shape index (κ3) is 2.37. The summed E-state index contributed by atoms with van der Waals surface area (Å²) in [5, 5.41) is 2.34. The van der Waals surface area contributed by atoms with Gasteiger partial charge in [0.05, 0.1) is 0 Å². The van der Waals surface area contributed by atoms with E-state index in [9.17, 15) is 4.79 Å². The van der Waals surface area contributed by atoms with Gasteiger partial charge < -0.3 is 4.90 Å². The summed E-state index contributed by atoms with van der Waals surface area (Å²) in [4.78, 5) is 15.1. The zero-order chi connectivity index (χ0) is 16.7. The summed E-state index contributed by atoms with van der Waals surface area (Å²) in [7, 11) is 0. The predicted octanol–water partition coefficient (Wildman–Crippen LogP) is 3.67. The number of carbonyl (C=O) groups excluding carboxylic acids is 1. The summed E-state index contributed by atoms with van der Waals surface area (Å²) in [6.45, 7) is 4.10. The Morgan fingerprint density at radius 3 is 2.62 bits per heavy atom. The van der Waals surface area contributed by atoms with E-state index in [1.165, 1.54) is 10.9 Å². The van der Waals surface area contributed by atoms with E-state index >= 15 is 0 Å². The highest BCUT2D eigenvalue weighted by molar-refractivity contribution is 5.97. The normalized spacial score (nSPS) is 17.8. The minimum atomic E-state index is -0.233. The van der Waals surface area contributed by atoms with Crippen LogP contribution in [0.4, 0.5) is 5.69 Å². The van der Waals surface area contributed by atoms with Crippen LogP contribution in [0, 0.1) is 0 Å². The topological polar surface area (TPSA) is 24.2 Å². The van der Waals surface area contributed by atoms with Crippen molar-refractivity contribution in [2.75, 3.05) is 4.90 Å². The zero-order valence-corrected chi connectivity index (χ0v) is 14.0. The number of hydrogen-bond acceptors (Lipinski definition) is 1. The molecule has 2 atom stereocenters. The highest BCUT2D eigenvalue weighted by atomic mass is 16.2. The van der Waals surface area contributed by atoms with Crippen LogP contribution < -0.4 is 9.47 Å². The molecule has 3 aromatic rings. The van der Waals surface area contributed by atoms with Crippen molar-refractivity contribution in [3.05, 3.63) is 72.6 Å². The van der Waals surface area contributed by atoms with Crippen molar-refractivity contribution in [3.8, 4) is 0 Å². The molecule has 0 radical (unpaired) electrons. The van der Waals surface area contributed by atoms with E-state index in [1.807, 2.05) is 46.9 Å². The first-order valence-electron chi connectivity index (χ1n) is 8.45. The molecule has 0 saturated heterocycles. The van der Waals surface area contributed by atoms with Gasteiger partial charge in [-0.15, -0.1) is 0 Å². The van der Waals surface area contributed by atoms with Crippen molar-refractivity contribution in [1.29, 1.82) is 0 Å². The molecule has 3 nitrogen and oxygen atoms in total. The Bertz CT molecular complexity index is 918. The predicted molar refractivity (Wildman–Crippen MR) is 95.9 cm³/mol. The van der Waals surface area contributed by atoms with E-state index in [0.29, 0.717) is 0 Å². The average molecular weight is 317 g/mol. The molecule has 1 aliphatic heterocycles. The first kappa shape index (κ1) is 14.9. The molecule has 2 aromatic carbocycles. The van der Waals surface area contributed by atoms with Crippen LogP contribution in [-0.2, 0) is 11.2 Å². The fraction of sp³-hybridized carbons (Fsp3) is 0.238. The van der Waals surface area contributed by atoms with E-state index in [1.54, 1.807) is 0 Å². The average Bonchev–Trinajstić information content (AvgIpc) is 2.95. The molecule has 0 fully saturated rings. The number of rotatable bonds is 2. The Morgan fingerprint density at radius 1 is 1.08 bits per heavy atom. The molecule has 0 saturated carbocycles. The Kier molecular flexibility index (Phi) is 3.57. The second-order valence-electron chi connectivity index (χ2n) is 6.59. The van der Waals surface area contributed by atoms with Gasteiger partial charge in [-0.25, -0.2) is 0 Å². The van der Waals surface area contributed by atoms with Gasteiger partial charge in [0.1, 0.15) is 0 Å². The molecule has 0 aliphatic carbocycles. The lowest BCUT2D eigenvalue weighted by atomic mass is 10.1. The van der Waals surface area contributed by atoms with Crippen molar-refractivity contribution in [2.24, 2.45) is 0 Å². The van der Waals surface area contributed by atoms with Crippen LogP contribution in [0.15, 0.2) is 67.0 Å². The number of para-hydroxylation sites is 1. The van der Waals surface area contributed by atoms with Crippen molar-refractivity contribution in [3.63, 3.8) is 0 Å². The van der Waals surface area contributed by atoms with E-state index in [2.05, 4.69) is 43.5 Å². The first-order chi connectivity index (χ1) is 11.6. The number of benzene rings is 2. The SMILES string of the molecule is C[C@@H]1Cc2ccccc2N1C(=O)[C@H](C)[n+]1ccc2ccccc2c1. The van der Waals surface area contributed by atoms with Crippen LogP contribution in [0.3, 0.4) is 0 Å². The molecule has 0 unspecified atom stereocenters. The molecular weight excluding hydrogens is 296 g/mol. The van der Waals surface area contributed by atoms with Crippen molar-refractivity contribution >= 4 is 22.4 Å². The Balaban J connectivity index is 1.68. The van der Waals surface area contributed by atoms with Crippen molar-refractivity contribution in [2.45, 2.75) is 32.4 Å². The Hall–Kier alpha value is -2.68. The number of hydrogen-bond donors (Lipinski definition) is 0. The summed E-state index contributed by atoms with van der Waals surface area (Å²) in [6, 6.07) is 18.5. The van der Waals surface area contributed by atoms with Crippen LogP contribution >= 0.6 is 0 Å². The van der Waals surface area contributed by atoms with Crippen LogP contribution in [0.5, 0.6) is 0 Å². The van der Waals surface area contributed by atoms with Gasteiger partial charge >= 0.3 is 0 Å². The van der Waals surface area contributed by atoms with Gasteiger partial charge in [-0.3, -0.25) is 4.79 Å². The van der Waals surface area contributed by atoms with E-state index < -0.39 is 0 Å². The molecule has 24 heavy (non-hydrogen) atoms. The largest absolute Gasteiger partial charge is 0.303 e. The number of carbonyl (C=O) groups is 1. The number of amides is 1. The maximum atomic E-state index is 13.2. The highest BCUT2D eigenvalue weighted by Crippen LogP contribution is 2.33.